The third-order valence-corrected chi connectivity index (χ3v) is 3.70. The summed E-state index contributed by atoms with van der Waals surface area (Å²) < 4.78 is 1.16. The van der Waals surface area contributed by atoms with Gasteiger partial charge in [-0.3, -0.25) is 4.79 Å². The van der Waals surface area contributed by atoms with Gasteiger partial charge in [0.1, 0.15) is 0 Å². The van der Waals surface area contributed by atoms with Crippen molar-refractivity contribution in [3.05, 3.63) is 62.7 Å². The minimum absolute atomic E-state index is 0.0231. The van der Waals surface area contributed by atoms with Gasteiger partial charge in [0.05, 0.1) is 6.42 Å². The summed E-state index contributed by atoms with van der Waals surface area (Å²) in [5, 5.41) is 2.92. The minimum Gasteiger partial charge on any atom is -0.326 e. The molecule has 0 radical (unpaired) electrons. The summed E-state index contributed by atoms with van der Waals surface area (Å²) >= 11 is 2.24. The van der Waals surface area contributed by atoms with Crippen molar-refractivity contribution in [2.45, 2.75) is 20.3 Å². The standard InChI is InChI=1S/C16H16INO/c1-11-3-4-12(2)13(9-11)10-16(19)18-15-7-5-14(17)6-8-15/h3-9H,10H2,1-2H3,(H,18,19). The molecule has 0 atom stereocenters. The molecule has 0 fully saturated rings. The molecular weight excluding hydrogens is 349 g/mol. The van der Waals surface area contributed by atoms with E-state index in [1.807, 2.05) is 38.1 Å². The maximum atomic E-state index is 12.0. The van der Waals surface area contributed by atoms with Gasteiger partial charge in [-0.05, 0) is 71.8 Å². The normalized spacial score (nSPS) is 10.3. The Morgan fingerprint density at radius 1 is 1.11 bits per heavy atom. The Morgan fingerprint density at radius 3 is 2.47 bits per heavy atom. The van der Waals surface area contributed by atoms with Crippen molar-refractivity contribution in [1.82, 2.24) is 0 Å². The number of hydrogen-bond donors (Lipinski definition) is 1. The molecule has 0 aliphatic heterocycles. The molecular formula is C16H16INO. The Balaban J connectivity index is 2.05. The van der Waals surface area contributed by atoms with Gasteiger partial charge in [0, 0.05) is 9.26 Å². The lowest BCUT2D eigenvalue weighted by atomic mass is 10.0. The molecule has 0 spiro atoms. The number of hydrogen-bond acceptors (Lipinski definition) is 1. The van der Waals surface area contributed by atoms with E-state index < -0.39 is 0 Å². The van der Waals surface area contributed by atoms with Crippen LogP contribution in [0.15, 0.2) is 42.5 Å². The Bertz CT molecular complexity index is 590. The number of benzene rings is 2. The zero-order chi connectivity index (χ0) is 13.8. The van der Waals surface area contributed by atoms with Crippen molar-refractivity contribution >= 4 is 34.2 Å². The Labute approximate surface area is 127 Å². The van der Waals surface area contributed by atoms with Gasteiger partial charge in [-0.2, -0.15) is 0 Å². The molecule has 3 heteroatoms. The Morgan fingerprint density at radius 2 is 1.79 bits per heavy atom. The molecule has 2 aromatic rings. The lowest BCUT2D eigenvalue weighted by Crippen LogP contribution is -2.15. The summed E-state index contributed by atoms with van der Waals surface area (Å²) in [5.41, 5.74) is 4.27. The van der Waals surface area contributed by atoms with Crippen LogP contribution in [0, 0.1) is 17.4 Å². The first-order chi connectivity index (χ1) is 9.04. The van der Waals surface area contributed by atoms with E-state index in [9.17, 15) is 4.79 Å². The van der Waals surface area contributed by atoms with Gasteiger partial charge in [0.15, 0.2) is 0 Å². The molecule has 0 bridgehead atoms. The maximum absolute atomic E-state index is 12.0. The fourth-order valence-electron chi connectivity index (χ4n) is 1.90. The van der Waals surface area contributed by atoms with Gasteiger partial charge in [-0.1, -0.05) is 23.8 Å². The van der Waals surface area contributed by atoms with Gasteiger partial charge in [-0.25, -0.2) is 0 Å². The van der Waals surface area contributed by atoms with Crippen LogP contribution < -0.4 is 5.32 Å². The molecule has 2 aromatic carbocycles. The highest BCUT2D eigenvalue weighted by atomic mass is 127. The molecule has 2 nitrogen and oxygen atoms in total. The van der Waals surface area contributed by atoms with Crippen LogP contribution in [0.2, 0.25) is 0 Å². The molecule has 0 aliphatic rings. The third kappa shape index (κ3) is 4.06. The van der Waals surface area contributed by atoms with Crippen LogP contribution in [-0.4, -0.2) is 5.91 Å². The highest BCUT2D eigenvalue weighted by molar-refractivity contribution is 14.1. The minimum atomic E-state index is 0.0231. The van der Waals surface area contributed by atoms with E-state index in [1.54, 1.807) is 0 Å². The van der Waals surface area contributed by atoms with E-state index in [0.717, 1.165) is 20.4 Å². The first-order valence-electron chi connectivity index (χ1n) is 6.16. The highest BCUT2D eigenvalue weighted by Gasteiger charge is 2.06. The van der Waals surface area contributed by atoms with Crippen LogP contribution in [-0.2, 0) is 11.2 Å². The summed E-state index contributed by atoms with van der Waals surface area (Å²) in [6.45, 7) is 4.08. The SMILES string of the molecule is Cc1ccc(C)c(CC(=O)Nc2ccc(I)cc2)c1. The fraction of sp³-hybridized carbons (Fsp3) is 0.188. The number of rotatable bonds is 3. The van der Waals surface area contributed by atoms with Crippen LogP contribution in [0.1, 0.15) is 16.7 Å². The third-order valence-electron chi connectivity index (χ3n) is 2.98. The molecule has 19 heavy (non-hydrogen) atoms. The smallest absolute Gasteiger partial charge is 0.228 e. The maximum Gasteiger partial charge on any atom is 0.228 e. The van der Waals surface area contributed by atoms with Crippen molar-refractivity contribution in [3.8, 4) is 0 Å². The average Bonchev–Trinajstić information content (AvgIpc) is 2.37. The van der Waals surface area contributed by atoms with E-state index in [-0.39, 0.29) is 5.91 Å². The Kier molecular flexibility index (Phi) is 4.58. The van der Waals surface area contributed by atoms with Gasteiger partial charge in [0.2, 0.25) is 5.91 Å². The molecule has 0 saturated carbocycles. The molecule has 2 rings (SSSR count). The average molecular weight is 365 g/mol. The van der Waals surface area contributed by atoms with Gasteiger partial charge >= 0.3 is 0 Å². The van der Waals surface area contributed by atoms with E-state index in [4.69, 9.17) is 0 Å². The Hall–Kier alpha value is -1.36. The molecule has 0 unspecified atom stereocenters. The molecule has 0 heterocycles. The van der Waals surface area contributed by atoms with Crippen molar-refractivity contribution in [2.75, 3.05) is 5.32 Å². The van der Waals surface area contributed by atoms with Gasteiger partial charge in [-0.15, -0.1) is 0 Å². The van der Waals surface area contributed by atoms with Crippen LogP contribution in [0.5, 0.6) is 0 Å². The van der Waals surface area contributed by atoms with Crippen molar-refractivity contribution < 1.29 is 4.79 Å². The monoisotopic (exact) mass is 365 g/mol. The second-order valence-corrected chi connectivity index (χ2v) is 5.91. The second-order valence-electron chi connectivity index (χ2n) is 4.66. The lowest BCUT2D eigenvalue weighted by Gasteiger charge is -2.08. The zero-order valence-corrected chi connectivity index (χ0v) is 13.2. The van der Waals surface area contributed by atoms with Crippen LogP contribution in [0.25, 0.3) is 0 Å². The predicted molar refractivity (Wildman–Crippen MR) is 87.4 cm³/mol. The summed E-state index contributed by atoms with van der Waals surface area (Å²) in [6.07, 6.45) is 0.416. The summed E-state index contributed by atoms with van der Waals surface area (Å²) in [4.78, 5) is 12.0. The highest BCUT2D eigenvalue weighted by Crippen LogP contribution is 2.14. The number of aryl methyl sites for hydroxylation is 2. The van der Waals surface area contributed by atoms with Crippen LogP contribution in [0.4, 0.5) is 5.69 Å². The molecule has 0 aromatic heterocycles. The first kappa shape index (κ1) is 14.1. The number of anilines is 1. The first-order valence-corrected chi connectivity index (χ1v) is 7.24. The molecule has 0 aliphatic carbocycles. The number of carbonyl (C=O) groups is 1. The van der Waals surface area contributed by atoms with Crippen molar-refractivity contribution in [3.63, 3.8) is 0 Å². The van der Waals surface area contributed by atoms with Gasteiger partial charge < -0.3 is 5.32 Å². The predicted octanol–water partition coefficient (Wildman–Crippen LogP) is 4.09. The zero-order valence-electron chi connectivity index (χ0n) is 11.0. The molecule has 1 N–H and O–H groups in total. The fourth-order valence-corrected chi connectivity index (χ4v) is 2.26. The number of amides is 1. The van der Waals surface area contributed by atoms with E-state index >= 15 is 0 Å². The largest absolute Gasteiger partial charge is 0.326 e. The number of halogens is 1. The lowest BCUT2D eigenvalue weighted by molar-refractivity contribution is -0.115. The summed E-state index contributed by atoms with van der Waals surface area (Å²) in [6, 6.07) is 14.0. The topological polar surface area (TPSA) is 29.1 Å². The molecule has 0 saturated heterocycles. The van der Waals surface area contributed by atoms with E-state index in [0.29, 0.717) is 6.42 Å². The number of nitrogens with one attached hydrogen (secondary N) is 1. The second kappa shape index (κ2) is 6.19. The van der Waals surface area contributed by atoms with Gasteiger partial charge in [0.25, 0.3) is 0 Å². The summed E-state index contributed by atoms with van der Waals surface area (Å²) in [5.74, 6) is 0.0231. The van der Waals surface area contributed by atoms with Crippen LogP contribution in [0.3, 0.4) is 0 Å². The van der Waals surface area contributed by atoms with E-state index in [2.05, 4.69) is 46.1 Å². The van der Waals surface area contributed by atoms with E-state index in [1.165, 1.54) is 5.56 Å². The molecule has 98 valence electrons. The van der Waals surface area contributed by atoms with Crippen LogP contribution >= 0.6 is 22.6 Å². The molecule has 1 amide bonds. The van der Waals surface area contributed by atoms with Crippen molar-refractivity contribution in [2.24, 2.45) is 0 Å². The quantitative estimate of drug-likeness (QED) is 0.816. The number of carbonyl (C=O) groups excluding carboxylic acids is 1. The van der Waals surface area contributed by atoms with Crippen molar-refractivity contribution in [1.29, 1.82) is 0 Å². The summed E-state index contributed by atoms with van der Waals surface area (Å²) in [7, 11) is 0.